The summed E-state index contributed by atoms with van der Waals surface area (Å²) in [5, 5.41) is 46.6. The first-order valence-electron chi connectivity index (χ1n) is 25.3. The highest BCUT2D eigenvalue weighted by Gasteiger charge is 2.53. The number of aliphatic hydroxyl groups excluding tert-OH is 3. The van der Waals surface area contributed by atoms with E-state index in [1.807, 2.05) is 38.7 Å². The summed E-state index contributed by atoms with van der Waals surface area (Å²) in [7, 11) is 6.47. The van der Waals surface area contributed by atoms with E-state index >= 15 is 0 Å². The highest BCUT2D eigenvalue weighted by Crippen LogP contribution is 2.38. The monoisotopic (exact) mass is 983 g/mol. The molecule has 0 aromatic rings. The van der Waals surface area contributed by atoms with E-state index in [0.717, 1.165) is 38.0 Å². The van der Waals surface area contributed by atoms with Gasteiger partial charge < -0.3 is 72.9 Å². The molecule has 0 aliphatic carbocycles. The molecule has 5 aliphatic rings. The van der Waals surface area contributed by atoms with Gasteiger partial charge in [-0.2, -0.15) is 0 Å². The summed E-state index contributed by atoms with van der Waals surface area (Å²) in [6.45, 7) is 16.7. The van der Waals surface area contributed by atoms with E-state index in [2.05, 4.69) is 4.90 Å². The van der Waals surface area contributed by atoms with Gasteiger partial charge in [0.2, 0.25) is 0 Å². The second-order valence-electron chi connectivity index (χ2n) is 20.8. The number of nitrogens with zero attached hydrogens (tertiary/aromatic N) is 2. The summed E-state index contributed by atoms with van der Waals surface area (Å²) in [6, 6.07) is -0.721. The largest absolute Gasteiger partial charge is 0.462 e. The molecule has 0 aromatic heterocycles. The number of allylic oxidation sites excluding steroid dienone is 3. The highest BCUT2D eigenvalue weighted by atomic mass is 16.7. The van der Waals surface area contributed by atoms with Crippen LogP contribution in [0.3, 0.4) is 0 Å². The molecule has 4 N–H and O–H groups in total. The Morgan fingerprint density at radius 1 is 0.884 bits per heavy atom. The van der Waals surface area contributed by atoms with Crippen LogP contribution in [-0.2, 0) is 57.0 Å². The molecule has 5 aliphatic heterocycles. The van der Waals surface area contributed by atoms with Crippen LogP contribution in [0.15, 0.2) is 23.8 Å². The van der Waals surface area contributed by atoms with Gasteiger partial charge >= 0.3 is 5.97 Å². The van der Waals surface area contributed by atoms with Crippen molar-refractivity contribution >= 4 is 17.5 Å². The molecule has 20 unspecified atom stereocenters. The summed E-state index contributed by atoms with van der Waals surface area (Å²) in [5.41, 5.74) is -0.920. The van der Waals surface area contributed by atoms with Crippen LogP contribution in [0.4, 0.5) is 0 Å². The Morgan fingerprint density at radius 3 is 2.22 bits per heavy atom. The number of ether oxygens (including phenoxy) is 9. The zero-order valence-electron chi connectivity index (χ0n) is 43.3. The summed E-state index contributed by atoms with van der Waals surface area (Å²) in [6.07, 6.45) is -3.62. The van der Waals surface area contributed by atoms with Crippen LogP contribution in [-0.4, -0.2) is 206 Å². The van der Waals surface area contributed by atoms with Crippen LogP contribution in [0.5, 0.6) is 0 Å². The van der Waals surface area contributed by atoms with Gasteiger partial charge in [-0.3, -0.25) is 14.4 Å². The van der Waals surface area contributed by atoms with E-state index in [1.54, 1.807) is 47.0 Å². The molecule has 5 rings (SSSR count). The van der Waals surface area contributed by atoms with Crippen LogP contribution in [0.2, 0.25) is 0 Å². The van der Waals surface area contributed by atoms with Crippen molar-refractivity contribution in [2.45, 2.75) is 198 Å². The number of ketones is 2. The van der Waals surface area contributed by atoms with Gasteiger partial charge in [0, 0.05) is 32.0 Å². The van der Waals surface area contributed by atoms with Gasteiger partial charge in [0.15, 0.2) is 24.1 Å². The average molecular weight is 983 g/mol. The molecule has 20 atom stereocenters. The van der Waals surface area contributed by atoms with Crippen LogP contribution in [0.25, 0.3) is 0 Å². The predicted molar refractivity (Wildman–Crippen MR) is 254 cm³/mol. The Bertz CT molecular complexity index is 1710. The predicted octanol–water partition coefficient (Wildman–Crippen LogP) is 2.98. The molecule has 0 saturated carbocycles. The van der Waals surface area contributed by atoms with Crippen molar-refractivity contribution < 1.29 is 77.4 Å². The maximum Gasteiger partial charge on any atom is 0.308 e. The fourth-order valence-corrected chi connectivity index (χ4v) is 10.8. The SMILES string of the molecule is CCC1OC(=O)CC(O)C(C)C(OC2OC(C)C(OC3COC(C)C(O)C3(C)O)C(N(C)C)C2O)C(CCN2CCCCC2)CC(C)C(=O)/C=C/C(C)=C/C1COC1OC(C)C(=O)C(OC)C1OC. The zero-order chi connectivity index (χ0) is 50.9. The number of likely N-dealkylation sites (N-methyl/N-ethyl adjacent to an activating group) is 1. The summed E-state index contributed by atoms with van der Waals surface area (Å²) in [5.74, 6) is -3.08. The molecule has 4 saturated heterocycles. The molecule has 18 heteroatoms. The molecule has 0 amide bonds. The van der Waals surface area contributed by atoms with E-state index in [1.165, 1.54) is 27.6 Å². The third kappa shape index (κ3) is 14.5. The Morgan fingerprint density at radius 2 is 1.58 bits per heavy atom. The first kappa shape index (κ1) is 57.6. The molecule has 396 valence electrons. The van der Waals surface area contributed by atoms with Gasteiger partial charge in [-0.25, -0.2) is 0 Å². The molecule has 18 nitrogen and oxygen atoms in total. The lowest BCUT2D eigenvalue weighted by Gasteiger charge is -2.51. The van der Waals surface area contributed by atoms with E-state index in [-0.39, 0.29) is 37.1 Å². The minimum absolute atomic E-state index is 0.00631. The Kier molecular flexibility index (Phi) is 21.8. The number of rotatable bonds is 14. The molecule has 5 heterocycles. The fourth-order valence-electron chi connectivity index (χ4n) is 10.8. The lowest BCUT2D eigenvalue weighted by atomic mass is 9.79. The molecule has 69 heavy (non-hydrogen) atoms. The van der Waals surface area contributed by atoms with Gasteiger partial charge in [-0.15, -0.1) is 0 Å². The average Bonchev–Trinajstić information content (AvgIpc) is 3.31. The maximum atomic E-state index is 14.1. The topological polar surface area (TPSA) is 222 Å². The third-order valence-corrected chi connectivity index (χ3v) is 15.3. The van der Waals surface area contributed by atoms with Crippen LogP contribution < -0.4 is 0 Å². The molecule has 0 bridgehead atoms. The fraction of sp³-hybridized carbons (Fsp3) is 0.863. The minimum atomic E-state index is -1.65. The van der Waals surface area contributed by atoms with Crippen molar-refractivity contribution in [2.75, 3.05) is 61.2 Å². The number of aliphatic hydroxyl groups is 4. The van der Waals surface area contributed by atoms with Gasteiger partial charge in [0.1, 0.15) is 54.4 Å². The summed E-state index contributed by atoms with van der Waals surface area (Å²) in [4.78, 5) is 45.2. The first-order valence-corrected chi connectivity index (χ1v) is 25.3. The molecular weight excluding hydrogens is 897 g/mol. The lowest BCUT2D eigenvalue weighted by molar-refractivity contribution is -0.328. The smallest absolute Gasteiger partial charge is 0.308 e. The normalized spacial score (nSPS) is 44.1. The number of cyclic esters (lactones) is 1. The number of esters is 1. The Balaban J connectivity index is 1.45. The molecule has 0 spiro atoms. The Hall–Kier alpha value is -2.27. The quantitative estimate of drug-likeness (QED) is 0.184. The number of Topliss-reactive ketones (excluding diaryl/α,β-unsaturated/α-hetero) is 1. The van der Waals surface area contributed by atoms with Gasteiger partial charge in [-0.1, -0.05) is 44.9 Å². The summed E-state index contributed by atoms with van der Waals surface area (Å²) >= 11 is 0. The van der Waals surface area contributed by atoms with Gasteiger partial charge in [0.05, 0.1) is 50.1 Å². The molecule has 0 aromatic carbocycles. The number of likely N-dealkylation sites (tertiary alicyclic amines) is 1. The highest BCUT2D eigenvalue weighted by molar-refractivity contribution is 5.91. The van der Waals surface area contributed by atoms with Crippen molar-refractivity contribution in [1.82, 2.24) is 9.80 Å². The van der Waals surface area contributed by atoms with Gasteiger partial charge in [-0.05, 0) is 112 Å². The maximum absolute atomic E-state index is 14.1. The number of methoxy groups -OCH3 is 2. The zero-order valence-corrected chi connectivity index (χ0v) is 43.3. The summed E-state index contributed by atoms with van der Waals surface area (Å²) < 4.78 is 55.2. The standard InChI is InChI=1S/C51H86N2O16/c1-13-38-35(26-64-50-47(62-12)46(61-11)42(57)31(5)65-50)23-28(2)17-18-36(54)29(3)24-34(19-22-53-20-15-14-16-21-53)44(30(4)37(55)25-40(56)67-38)69-49-43(58)41(52(9)10)45(32(6)66-49)68-39-27-63-33(7)48(59)51(39,8)60/h17-18,23,29-35,37-39,41,43-50,55,58-60H,13-16,19-22,24-27H2,1-12H3/b18-17+,28-23+. The Labute approximate surface area is 410 Å². The van der Waals surface area contributed by atoms with Crippen molar-refractivity contribution in [3.63, 3.8) is 0 Å². The van der Waals surface area contributed by atoms with Crippen molar-refractivity contribution in [3.8, 4) is 0 Å². The number of carbonyl (C=O) groups excluding carboxylic acids is 3. The number of piperidine rings is 1. The van der Waals surface area contributed by atoms with Crippen molar-refractivity contribution in [2.24, 2.45) is 23.7 Å². The van der Waals surface area contributed by atoms with E-state index in [4.69, 9.17) is 42.6 Å². The second-order valence-corrected chi connectivity index (χ2v) is 20.8. The number of hydrogen-bond donors (Lipinski definition) is 4. The molecule has 4 fully saturated rings. The van der Waals surface area contributed by atoms with E-state index in [9.17, 15) is 34.8 Å². The van der Waals surface area contributed by atoms with Crippen LogP contribution >= 0.6 is 0 Å². The van der Waals surface area contributed by atoms with E-state index < -0.39 is 121 Å². The third-order valence-electron chi connectivity index (χ3n) is 15.3. The number of carbonyl (C=O) groups is 3. The van der Waals surface area contributed by atoms with Crippen molar-refractivity contribution in [1.29, 1.82) is 0 Å². The van der Waals surface area contributed by atoms with Crippen LogP contribution in [0.1, 0.15) is 100 Å². The van der Waals surface area contributed by atoms with E-state index in [0.29, 0.717) is 19.3 Å². The van der Waals surface area contributed by atoms with Crippen molar-refractivity contribution in [3.05, 3.63) is 23.8 Å². The second kappa shape index (κ2) is 26.1. The number of hydrogen-bond acceptors (Lipinski definition) is 18. The lowest BCUT2D eigenvalue weighted by Crippen LogP contribution is -2.68. The van der Waals surface area contributed by atoms with Crippen LogP contribution in [0, 0.1) is 23.7 Å². The first-order chi connectivity index (χ1) is 32.6. The molecule has 0 radical (unpaired) electrons. The molecular formula is C51H86N2O16. The minimum Gasteiger partial charge on any atom is -0.462 e. The van der Waals surface area contributed by atoms with Gasteiger partial charge in [0.25, 0.3) is 0 Å².